The van der Waals surface area contributed by atoms with Gasteiger partial charge < -0.3 is 5.32 Å². The first kappa shape index (κ1) is 27.3. The van der Waals surface area contributed by atoms with Crippen LogP contribution in [0.15, 0.2) is 56.8 Å². The Morgan fingerprint density at radius 2 is 1.91 bits per heavy atom. The van der Waals surface area contributed by atoms with E-state index in [2.05, 4.69) is 31.0 Å². The maximum atomic E-state index is 12.6. The molecule has 2 heterocycles. The summed E-state index contributed by atoms with van der Waals surface area (Å²) in [4.78, 5) is 41.3. The average Bonchev–Trinajstić information content (AvgIpc) is 3.40. The molecule has 0 aliphatic heterocycles. The van der Waals surface area contributed by atoms with Gasteiger partial charge in [0.1, 0.15) is 11.6 Å². The van der Waals surface area contributed by atoms with Crippen LogP contribution < -0.4 is 26.5 Å². The molecule has 0 fully saturated rings. The molecule has 2 amide bonds. The highest BCUT2D eigenvalue weighted by atomic mass is 32.1. The molecule has 35 heavy (non-hydrogen) atoms. The Bertz CT molecular complexity index is 1280. The first-order valence-corrected chi connectivity index (χ1v) is 12.0. The number of anilines is 1. The quantitative estimate of drug-likeness (QED) is 0.352. The van der Waals surface area contributed by atoms with Crippen molar-refractivity contribution in [3.8, 4) is 5.69 Å². The lowest BCUT2D eigenvalue weighted by Gasteiger charge is -2.12. The number of urea groups is 1. The topological polar surface area (TPSA) is 138 Å². The van der Waals surface area contributed by atoms with Crippen molar-refractivity contribution in [3.63, 3.8) is 0 Å². The van der Waals surface area contributed by atoms with E-state index >= 15 is 0 Å². The predicted octanol–water partition coefficient (Wildman–Crippen LogP) is 2.86. The van der Waals surface area contributed by atoms with Crippen LogP contribution in [-0.4, -0.2) is 45.1 Å². The summed E-state index contributed by atoms with van der Waals surface area (Å²) < 4.78 is 3.01. The highest BCUT2D eigenvalue weighted by Gasteiger charge is 2.15. The van der Waals surface area contributed by atoms with Crippen LogP contribution in [0.5, 0.6) is 0 Å². The van der Waals surface area contributed by atoms with Gasteiger partial charge in [0, 0.05) is 37.9 Å². The summed E-state index contributed by atoms with van der Waals surface area (Å²) in [5, 5.41) is 13.1. The lowest BCUT2D eigenvalue weighted by molar-refractivity contribution is 0.253. The summed E-state index contributed by atoms with van der Waals surface area (Å²) in [6.45, 7) is 8.32. The van der Waals surface area contributed by atoms with Gasteiger partial charge in [-0.05, 0) is 29.7 Å². The number of benzene rings is 1. The third kappa shape index (κ3) is 7.54. The Morgan fingerprint density at radius 1 is 1.23 bits per heavy atom. The van der Waals surface area contributed by atoms with E-state index in [1.165, 1.54) is 3.96 Å². The number of aromatic amines is 1. The monoisotopic (exact) mass is 500 g/mol. The normalized spacial score (nSPS) is 11.3. The van der Waals surface area contributed by atoms with Crippen molar-refractivity contribution in [1.82, 2.24) is 29.4 Å². The minimum atomic E-state index is -0.435. The van der Waals surface area contributed by atoms with Crippen LogP contribution in [0, 0.1) is 0 Å². The van der Waals surface area contributed by atoms with Crippen LogP contribution in [0.4, 0.5) is 10.6 Å². The Hall–Kier alpha value is -3.93. The number of aliphatic imine (C=N–C) groups is 1. The molecule has 0 bridgehead atoms. The molecule has 0 saturated heterocycles. The van der Waals surface area contributed by atoms with Gasteiger partial charge in [-0.25, -0.2) is 18.2 Å². The number of H-pyrrole nitrogens is 1. The molecule has 0 saturated carbocycles. The predicted molar refractivity (Wildman–Crippen MR) is 141 cm³/mol. The van der Waals surface area contributed by atoms with Crippen molar-refractivity contribution in [1.29, 1.82) is 0 Å². The van der Waals surface area contributed by atoms with Gasteiger partial charge in [0.05, 0.1) is 17.9 Å². The lowest BCUT2D eigenvalue weighted by Crippen LogP contribution is -2.33. The minimum absolute atomic E-state index is 0.158. The van der Waals surface area contributed by atoms with Crippen LogP contribution in [0.2, 0.25) is 0 Å². The van der Waals surface area contributed by atoms with Crippen molar-refractivity contribution >= 4 is 29.6 Å². The Labute approximate surface area is 207 Å². The second kappa shape index (κ2) is 13.1. The van der Waals surface area contributed by atoms with Crippen LogP contribution >= 0.6 is 11.5 Å². The number of rotatable bonds is 8. The Kier molecular flexibility index (Phi) is 10.2. The first-order chi connectivity index (χ1) is 16.8. The van der Waals surface area contributed by atoms with Gasteiger partial charge in [0.25, 0.3) is 0 Å². The summed E-state index contributed by atoms with van der Waals surface area (Å²) in [6.07, 6.45) is 3.20. The number of carbonyl (C=O) groups excluding carboxylic acids is 1. The summed E-state index contributed by atoms with van der Waals surface area (Å²) in [5.41, 5.74) is 1.97. The standard InChI is InChI=1S/C21H26N8O3S.C2H6/c1-13(2)16-11-18(25-19(30)24-17(23-4)9-10-22-3)29(27-16)15-7-5-14(6-8-15)12-28-20(31)26-21(32)33-28;1-2/h5-11,13,23H,12H2,1-4H3,(H2,24,25,30)(H,26,31,32);1-2H3/b17-9+,22-10?;. The van der Waals surface area contributed by atoms with E-state index in [4.69, 9.17) is 0 Å². The van der Waals surface area contributed by atoms with Gasteiger partial charge in [-0.2, -0.15) is 5.10 Å². The number of nitrogens with one attached hydrogen (secondary N) is 4. The van der Waals surface area contributed by atoms with Crippen molar-refractivity contribution < 1.29 is 4.79 Å². The minimum Gasteiger partial charge on any atom is -0.375 e. The van der Waals surface area contributed by atoms with E-state index < -0.39 is 11.7 Å². The summed E-state index contributed by atoms with van der Waals surface area (Å²) in [6, 6.07) is 8.76. The highest BCUT2D eigenvalue weighted by molar-refractivity contribution is 7.03. The maximum Gasteiger partial charge on any atom is 0.338 e. The molecule has 11 nitrogen and oxygen atoms in total. The third-order valence-electron chi connectivity index (χ3n) is 4.60. The SMILES string of the molecule is CC.CN=C/C=C(\NC)NC(=O)Nc1cc(C(C)C)nn1-c1ccc(Cn2sc(=O)[nH]c2=O)cc1. The van der Waals surface area contributed by atoms with Gasteiger partial charge in [-0.1, -0.05) is 39.8 Å². The second-order valence-corrected chi connectivity index (χ2v) is 8.34. The number of allylic oxidation sites excluding steroid dienone is 1. The summed E-state index contributed by atoms with van der Waals surface area (Å²) >= 11 is 0.840. The fourth-order valence-electron chi connectivity index (χ4n) is 2.90. The smallest absolute Gasteiger partial charge is 0.338 e. The third-order valence-corrected chi connectivity index (χ3v) is 5.39. The molecule has 1 aromatic carbocycles. The van der Waals surface area contributed by atoms with Gasteiger partial charge in [0.15, 0.2) is 0 Å². The molecule has 0 radical (unpaired) electrons. The fourth-order valence-corrected chi connectivity index (χ4v) is 3.58. The molecule has 0 aliphatic rings. The van der Waals surface area contributed by atoms with Crippen LogP contribution in [-0.2, 0) is 6.54 Å². The molecular weight excluding hydrogens is 468 g/mol. The molecule has 0 spiro atoms. The Balaban J connectivity index is 0.00000210. The molecule has 4 N–H and O–H groups in total. The molecule has 188 valence electrons. The molecular formula is C23H32N8O3S. The van der Waals surface area contributed by atoms with E-state index in [9.17, 15) is 14.4 Å². The number of hydrogen-bond donors (Lipinski definition) is 4. The van der Waals surface area contributed by atoms with E-state index in [1.807, 2.05) is 58.0 Å². The average molecular weight is 501 g/mol. The van der Waals surface area contributed by atoms with Crippen LogP contribution in [0.1, 0.15) is 44.9 Å². The summed E-state index contributed by atoms with van der Waals surface area (Å²) in [5.74, 6) is 1.15. The largest absolute Gasteiger partial charge is 0.375 e. The number of aromatic nitrogens is 4. The van der Waals surface area contributed by atoms with E-state index in [0.717, 1.165) is 28.5 Å². The number of nitrogens with zero attached hydrogens (tertiary/aromatic N) is 4. The number of carbonyl (C=O) groups is 1. The molecule has 12 heteroatoms. The van der Waals surface area contributed by atoms with Crippen LogP contribution in [0.3, 0.4) is 0 Å². The molecule has 0 unspecified atom stereocenters. The zero-order chi connectivity index (χ0) is 26.0. The zero-order valence-corrected chi connectivity index (χ0v) is 21.6. The number of amides is 2. The lowest BCUT2D eigenvalue weighted by atomic mass is 10.1. The first-order valence-electron chi connectivity index (χ1n) is 11.2. The van der Waals surface area contributed by atoms with Crippen molar-refractivity contribution in [2.24, 2.45) is 4.99 Å². The molecule has 3 aromatic rings. The van der Waals surface area contributed by atoms with Crippen molar-refractivity contribution in [2.45, 2.75) is 40.2 Å². The van der Waals surface area contributed by atoms with Crippen molar-refractivity contribution in [2.75, 3.05) is 19.4 Å². The molecule has 0 atom stereocenters. The maximum absolute atomic E-state index is 12.6. The highest BCUT2D eigenvalue weighted by Crippen LogP contribution is 2.22. The van der Waals surface area contributed by atoms with E-state index in [0.29, 0.717) is 11.6 Å². The van der Waals surface area contributed by atoms with Gasteiger partial charge in [-0.3, -0.25) is 25.4 Å². The molecule has 2 aromatic heterocycles. The fraction of sp³-hybridized carbons (Fsp3) is 0.348. The van der Waals surface area contributed by atoms with Gasteiger partial charge >= 0.3 is 16.6 Å². The van der Waals surface area contributed by atoms with E-state index in [-0.39, 0.29) is 17.3 Å². The second-order valence-electron chi connectivity index (χ2n) is 7.35. The number of hydrogen-bond acceptors (Lipinski definition) is 7. The van der Waals surface area contributed by atoms with E-state index in [1.54, 1.807) is 31.1 Å². The molecule has 3 rings (SSSR count). The Morgan fingerprint density at radius 3 is 2.46 bits per heavy atom. The zero-order valence-electron chi connectivity index (χ0n) is 20.7. The van der Waals surface area contributed by atoms with Crippen LogP contribution in [0.25, 0.3) is 5.69 Å². The molecule has 0 aliphatic carbocycles. The van der Waals surface area contributed by atoms with Crippen molar-refractivity contribution in [3.05, 3.63) is 73.6 Å². The van der Waals surface area contributed by atoms with Gasteiger partial charge in [-0.15, -0.1) is 0 Å². The van der Waals surface area contributed by atoms with Gasteiger partial charge in [0.2, 0.25) is 0 Å². The summed E-state index contributed by atoms with van der Waals surface area (Å²) in [7, 11) is 3.33.